The number of hydrogen-bond acceptors (Lipinski definition) is 5. The molecule has 0 atom stereocenters. The van der Waals surface area contributed by atoms with Crippen LogP contribution in [-0.2, 0) is 11.3 Å². The van der Waals surface area contributed by atoms with E-state index in [0.29, 0.717) is 16.7 Å². The van der Waals surface area contributed by atoms with Gasteiger partial charge in [-0.3, -0.25) is 4.79 Å². The number of carbonyl (C=O) groups excluding carboxylic acids is 1. The lowest BCUT2D eigenvalue weighted by Crippen LogP contribution is -2.16. The molecule has 0 aliphatic heterocycles. The molecule has 0 bridgehead atoms. The topological polar surface area (TPSA) is 77.6 Å². The van der Waals surface area contributed by atoms with Gasteiger partial charge in [0, 0.05) is 17.1 Å². The molecule has 7 nitrogen and oxygen atoms in total. The molecule has 0 aliphatic rings. The fourth-order valence-electron chi connectivity index (χ4n) is 3.44. The van der Waals surface area contributed by atoms with Gasteiger partial charge in [0.25, 0.3) is 0 Å². The Hall–Kier alpha value is -3.10. The molecule has 1 N–H and O–H groups in total. The predicted molar refractivity (Wildman–Crippen MR) is 129 cm³/mol. The number of thioether (sulfide) groups is 1. The molecule has 4 rings (SSSR count). The lowest BCUT2D eigenvalue weighted by Gasteiger charge is -2.09. The smallest absolute Gasteiger partial charge is 0.234 e. The standard InChI is InChI=1S/C23H23ClN6OS/c1-4-29-22(17-10-12-18(24)13-11-17)26-27-23(29)32-14-20(31)25-21-15(2)28-30(16(21)3)19-8-6-5-7-9-19/h5-13H,4,14H2,1-3H3,(H,25,31). The zero-order chi connectivity index (χ0) is 22.7. The van der Waals surface area contributed by atoms with Gasteiger partial charge < -0.3 is 9.88 Å². The summed E-state index contributed by atoms with van der Waals surface area (Å²) in [5.74, 6) is 0.851. The summed E-state index contributed by atoms with van der Waals surface area (Å²) >= 11 is 7.35. The average molecular weight is 467 g/mol. The third kappa shape index (κ3) is 4.56. The molecular formula is C23H23ClN6OS. The molecule has 0 saturated heterocycles. The lowest BCUT2D eigenvalue weighted by atomic mass is 10.2. The minimum Gasteiger partial charge on any atom is -0.322 e. The molecule has 0 aliphatic carbocycles. The highest BCUT2D eigenvalue weighted by molar-refractivity contribution is 7.99. The number of aryl methyl sites for hydroxylation is 1. The molecular weight excluding hydrogens is 444 g/mol. The summed E-state index contributed by atoms with van der Waals surface area (Å²) in [6.45, 7) is 6.55. The number of aromatic nitrogens is 5. The first-order valence-electron chi connectivity index (χ1n) is 10.2. The highest BCUT2D eigenvalue weighted by atomic mass is 35.5. The summed E-state index contributed by atoms with van der Waals surface area (Å²) in [5, 5.41) is 17.6. The number of para-hydroxylation sites is 1. The Morgan fingerprint density at radius 3 is 2.47 bits per heavy atom. The molecule has 1 amide bonds. The van der Waals surface area contributed by atoms with Crippen LogP contribution in [0.5, 0.6) is 0 Å². The van der Waals surface area contributed by atoms with E-state index < -0.39 is 0 Å². The van der Waals surface area contributed by atoms with Crippen LogP contribution in [0.1, 0.15) is 18.3 Å². The Labute approximate surface area is 195 Å². The van der Waals surface area contributed by atoms with E-state index in [1.807, 2.05) is 84.6 Å². The number of nitrogens with one attached hydrogen (secondary N) is 1. The van der Waals surface area contributed by atoms with Crippen molar-refractivity contribution in [2.45, 2.75) is 32.5 Å². The maximum atomic E-state index is 12.7. The van der Waals surface area contributed by atoms with E-state index in [4.69, 9.17) is 11.6 Å². The molecule has 2 heterocycles. The van der Waals surface area contributed by atoms with Crippen LogP contribution in [0.4, 0.5) is 5.69 Å². The van der Waals surface area contributed by atoms with E-state index in [-0.39, 0.29) is 11.7 Å². The van der Waals surface area contributed by atoms with Gasteiger partial charge in [0.05, 0.1) is 28.5 Å². The first kappa shape index (κ1) is 22.1. The number of anilines is 1. The molecule has 0 saturated carbocycles. The van der Waals surface area contributed by atoms with Gasteiger partial charge in [-0.05, 0) is 57.2 Å². The van der Waals surface area contributed by atoms with Gasteiger partial charge in [0.1, 0.15) is 0 Å². The van der Waals surface area contributed by atoms with Crippen LogP contribution in [0.25, 0.3) is 17.1 Å². The van der Waals surface area contributed by atoms with Crippen LogP contribution >= 0.6 is 23.4 Å². The molecule has 2 aromatic carbocycles. The van der Waals surface area contributed by atoms with Crippen molar-refractivity contribution in [2.24, 2.45) is 0 Å². The van der Waals surface area contributed by atoms with E-state index in [0.717, 1.165) is 34.2 Å². The summed E-state index contributed by atoms with van der Waals surface area (Å²) in [7, 11) is 0. The molecule has 0 radical (unpaired) electrons. The van der Waals surface area contributed by atoms with E-state index >= 15 is 0 Å². The third-order valence-electron chi connectivity index (χ3n) is 5.02. The number of hydrogen-bond donors (Lipinski definition) is 1. The maximum Gasteiger partial charge on any atom is 0.234 e. The second-order valence-corrected chi connectivity index (χ2v) is 8.57. The summed E-state index contributed by atoms with van der Waals surface area (Å²) in [4.78, 5) is 12.7. The van der Waals surface area contributed by atoms with Crippen LogP contribution in [0.2, 0.25) is 5.02 Å². The maximum absolute atomic E-state index is 12.7. The Morgan fingerprint density at radius 1 is 1.06 bits per heavy atom. The fraction of sp³-hybridized carbons (Fsp3) is 0.217. The number of halogens is 1. The van der Waals surface area contributed by atoms with E-state index in [1.165, 1.54) is 11.8 Å². The summed E-state index contributed by atoms with van der Waals surface area (Å²) in [6.07, 6.45) is 0. The van der Waals surface area contributed by atoms with Crippen molar-refractivity contribution in [3.05, 3.63) is 71.0 Å². The van der Waals surface area contributed by atoms with Gasteiger partial charge in [-0.25, -0.2) is 4.68 Å². The number of benzene rings is 2. The quantitative estimate of drug-likeness (QED) is 0.381. The SMILES string of the molecule is CCn1c(SCC(=O)Nc2c(C)nn(-c3ccccc3)c2C)nnc1-c1ccc(Cl)cc1. The highest BCUT2D eigenvalue weighted by Gasteiger charge is 2.18. The molecule has 0 unspecified atom stereocenters. The van der Waals surface area contributed by atoms with Crippen LogP contribution in [0.3, 0.4) is 0 Å². The fourth-order valence-corrected chi connectivity index (χ4v) is 4.37. The van der Waals surface area contributed by atoms with Crippen molar-refractivity contribution in [3.8, 4) is 17.1 Å². The van der Waals surface area contributed by atoms with E-state index in [9.17, 15) is 4.79 Å². The van der Waals surface area contributed by atoms with Crippen LogP contribution in [-0.4, -0.2) is 36.2 Å². The van der Waals surface area contributed by atoms with Crippen molar-refractivity contribution < 1.29 is 4.79 Å². The Kier molecular flexibility index (Phi) is 6.62. The van der Waals surface area contributed by atoms with Crippen molar-refractivity contribution in [1.82, 2.24) is 24.5 Å². The second kappa shape index (κ2) is 9.58. The lowest BCUT2D eigenvalue weighted by molar-refractivity contribution is -0.113. The van der Waals surface area contributed by atoms with Gasteiger partial charge in [-0.2, -0.15) is 5.10 Å². The zero-order valence-electron chi connectivity index (χ0n) is 18.0. The minimum absolute atomic E-state index is 0.118. The van der Waals surface area contributed by atoms with Gasteiger partial charge in [-0.15, -0.1) is 10.2 Å². The third-order valence-corrected chi connectivity index (χ3v) is 6.24. The monoisotopic (exact) mass is 466 g/mol. The Balaban J connectivity index is 1.46. The van der Waals surface area contributed by atoms with Gasteiger partial charge in [-0.1, -0.05) is 41.6 Å². The van der Waals surface area contributed by atoms with Crippen LogP contribution in [0.15, 0.2) is 59.8 Å². The summed E-state index contributed by atoms with van der Waals surface area (Å²) < 4.78 is 3.83. The van der Waals surface area contributed by atoms with Crippen molar-refractivity contribution in [1.29, 1.82) is 0 Å². The van der Waals surface area contributed by atoms with Gasteiger partial charge in [0.15, 0.2) is 11.0 Å². The van der Waals surface area contributed by atoms with Crippen molar-refractivity contribution in [2.75, 3.05) is 11.1 Å². The molecule has 2 aromatic heterocycles. The molecule has 0 spiro atoms. The zero-order valence-corrected chi connectivity index (χ0v) is 19.6. The Morgan fingerprint density at radius 2 is 1.78 bits per heavy atom. The molecule has 164 valence electrons. The average Bonchev–Trinajstić information content (AvgIpc) is 3.34. The van der Waals surface area contributed by atoms with E-state index in [2.05, 4.69) is 20.6 Å². The van der Waals surface area contributed by atoms with E-state index in [1.54, 1.807) is 0 Å². The van der Waals surface area contributed by atoms with Gasteiger partial charge >= 0.3 is 0 Å². The number of rotatable bonds is 7. The first-order chi connectivity index (χ1) is 15.5. The van der Waals surface area contributed by atoms with Crippen molar-refractivity contribution in [3.63, 3.8) is 0 Å². The van der Waals surface area contributed by atoms with Crippen LogP contribution < -0.4 is 5.32 Å². The van der Waals surface area contributed by atoms with Crippen molar-refractivity contribution >= 4 is 35.0 Å². The molecule has 4 aromatic rings. The molecule has 0 fully saturated rings. The number of amides is 1. The first-order valence-corrected chi connectivity index (χ1v) is 11.6. The Bertz CT molecular complexity index is 1230. The highest BCUT2D eigenvalue weighted by Crippen LogP contribution is 2.26. The minimum atomic E-state index is -0.118. The number of nitrogens with zero attached hydrogens (tertiary/aromatic N) is 5. The summed E-state index contributed by atoms with van der Waals surface area (Å²) in [6, 6.07) is 17.3. The van der Waals surface area contributed by atoms with Crippen LogP contribution in [0, 0.1) is 13.8 Å². The predicted octanol–water partition coefficient (Wildman–Crippen LogP) is 5.15. The largest absolute Gasteiger partial charge is 0.322 e. The van der Waals surface area contributed by atoms with Gasteiger partial charge in [0.2, 0.25) is 5.91 Å². The molecule has 32 heavy (non-hydrogen) atoms. The normalized spacial score (nSPS) is 11.0. The molecule has 9 heteroatoms. The second-order valence-electron chi connectivity index (χ2n) is 7.19. The summed E-state index contributed by atoms with van der Waals surface area (Å²) in [5.41, 5.74) is 4.27. The number of carbonyl (C=O) groups is 1.